The number of nitrogens with two attached hydrogens (primary N) is 1. The minimum Gasteiger partial charge on any atom is -0.396 e. The number of halogens is 3. The second-order valence-corrected chi connectivity index (χ2v) is 5.36. The number of anilines is 3. The van der Waals surface area contributed by atoms with Gasteiger partial charge in [-0.15, -0.1) is 0 Å². The molecular weight excluding hydrogens is 372 g/mol. The Morgan fingerprint density at radius 2 is 1.94 bits per heavy atom. The lowest BCUT2D eigenvalue weighted by molar-refractivity contribution is 1.31. The van der Waals surface area contributed by atoms with Crippen LogP contribution in [0.2, 0.25) is 10.2 Å². The first-order valence-corrected chi connectivity index (χ1v) is 6.54. The van der Waals surface area contributed by atoms with Crippen molar-refractivity contribution in [1.82, 2.24) is 4.98 Å². The summed E-state index contributed by atoms with van der Waals surface area (Å²) in [6.07, 6.45) is 0. The van der Waals surface area contributed by atoms with Crippen LogP contribution in [-0.2, 0) is 0 Å². The molecule has 0 radical (unpaired) electrons. The quantitative estimate of drug-likeness (QED) is 0.603. The number of hydrogen-bond donors (Lipinski definition) is 2. The van der Waals surface area contributed by atoms with Gasteiger partial charge in [-0.2, -0.15) is 0 Å². The normalized spacial score (nSPS) is 10.3. The zero-order chi connectivity index (χ0) is 12.4. The molecule has 0 saturated heterocycles. The van der Waals surface area contributed by atoms with E-state index in [1.807, 2.05) is 18.2 Å². The summed E-state index contributed by atoms with van der Waals surface area (Å²) in [5, 5.41) is 4.04. The number of nitrogens with zero attached hydrogens (tertiary/aromatic N) is 1. The van der Waals surface area contributed by atoms with E-state index < -0.39 is 0 Å². The van der Waals surface area contributed by atoms with E-state index in [1.54, 1.807) is 12.1 Å². The highest BCUT2D eigenvalue weighted by atomic mass is 127. The van der Waals surface area contributed by atoms with Crippen molar-refractivity contribution in [1.29, 1.82) is 0 Å². The van der Waals surface area contributed by atoms with Crippen molar-refractivity contribution in [3.63, 3.8) is 0 Å². The Labute approximate surface area is 122 Å². The number of benzene rings is 1. The molecule has 0 saturated carbocycles. The lowest BCUT2D eigenvalue weighted by Crippen LogP contribution is -1.99. The van der Waals surface area contributed by atoms with E-state index in [9.17, 15) is 0 Å². The number of pyridine rings is 1. The van der Waals surface area contributed by atoms with Crippen LogP contribution in [0.15, 0.2) is 30.3 Å². The zero-order valence-electron chi connectivity index (χ0n) is 8.55. The monoisotopic (exact) mass is 379 g/mol. The molecule has 3 N–H and O–H groups in total. The number of nitrogens with one attached hydrogen (secondary N) is 1. The maximum Gasteiger partial charge on any atom is 0.155 e. The van der Waals surface area contributed by atoms with Crippen LogP contribution >= 0.6 is 45.8 Å². The average Bonchev–Trinajstić information content (AvgIpc) is 2.27. The second kappa shape index (κ2) is 5.29. The Hall–Kier alpha value is -0.720. The first kappa shape index (κ1) is 12.7. The third kappa shape index (κ3) is 3.14. The third-order valence-electron chi connectivity index (χ3n) is 2.08. The molecular formula is C11H8Cl2IN3. The van der Waals surface area contributed by atoms with Gasteiger partial charge in [0.1, 0.15) is 5.15 Å². The smallest absolute Gasteiger partial charge is 0.155 e. The van der Waals surface area contributed by atoms with Crippen molar-refractivity contribution in [2.45, 2.75) is 0 Å². The summed E-state index contributed by atoms with van der Waals surface area (Å²) in [6, 6.07) is 8.99. The SMILES string of the molecule is Nc1ccc(Cl)nc1Nc1ccc(I)cc1Cl. The first-order chi connectivity index (χ1) is 8.06. The van der Waals surface area contributed by atoms with Crippen LogP contribution in [0.5, 0.6) is 0 Å². The molecule has 88 valence electrons. The Balaban J connectivity index is 2.34. The van der Waals surface area contributed by atoms with Gasteiger partial charge in [-0.1, -0.05) is 23.2 Å². The summed E-state index contributed by atoms with van der Waals surface area (Å²) < 4.78 is 1.06. The van der Waals surface area contributed by atoms with E-state index in [0.29, 0.717) is 21.7 Å². The van der Waals surface area contributed by atoms with Crippen molar-refractivity contribution in [3.05, 3.63) is 44.1 Å². The maximum atomic E-state index is 6.10. The molecule has 17 heavy (non-hydrogen) atoms. The van der Waals surface area contributed by atoms with E-state index in [2.05, 4.69) is 32.9 Å². The molecule has 0 aliphatic carbocycles. The van der Waals surface area contributed by atoms with Crippen molar-refractivity contribution in [2.24, 2.45) is 0 Å². The Morgan fingerprint density at radius 1 is 1.18 bits per heavy atom. The van der Waals surface area contributed by atoms with Crippen LogP contribution in [-0.4, -0.2) is 4.98 Å². The molecule has 0 fully saturated rings. The molecule has 1 aromatic heterocycles. The van der Waals surface area contributed by atoms with Crippen LogP contribution in [0.25, 0.3) is 0 Å². The molecule has 0 amide bonds. The van der Waals surface area contributed by atoms with Gasteiger partial charge in [-0.05, 0) is 52.9 Å². The van der Waals surface area contributed by atoms with Crippen molar-refractivity contribution in [3.8, 4) is 0 Å². The summed E-state index contributed by atoms with van der Waals surface area (Å²) in [7, 11) is 0. The Bertz CT molecular complexity index is 560. The van der Waals surface area contributed by atoms with Crippen LogP contribution in [0.4, 0.5) is 17.2 Å². The van der Waals surface area contributed by atoms with E-state index >= 15 is 0 Å². The second-order valence-electron chi connectivity index (χ2n) is 3.32. The van der Waals surface area contributed by atoms with Gasteiger partial charge in [-0.25, -0.2) is 4.98 Å². The fourth-order valence-electron chi connectivity index (χ4n) is 1.26. The molecule has 0 aliphatic rings. The van der Waals surface area contributed by atoms with Gasteiger partial charge in [0.2, 0.25) is 0 Å². The molecule has 0 atom stereocenters. The lowest BCUT2D eigenvalue weighted by Gasteiger charge is -2.10. The molecule has 0 spiro atoms. The summed E-state index contributed by atoms with van der Waals surface area (Å²) in [6.45, 7) is 0. The van der Waals surface area contributed by atoms with Crippen LogP contribution < -0.4 is 11.1 Å². The highest BCUT2D eigenvalue weighted by Crippen LogP contribution is 2.29. The predicted octanol–water partition coefficient (Wildman–Crippen LogP) is 4.32. The van der Waals surface area contributed by atoms with Gasteiger partial charge >= 0.3 is 0 Å². The van der Waals surface area contributed by atoms with Crippen LogP contribution in [0.1, 0.15) is 0 Å². The van der Waals surface area contributed by atoms with Gasteiger partial charge in [0, 0.05) is 3.57 Å². The van der Waals surface area contributed by atoms with E-state index in [1.165, 1.54) is 0 Å². The molecule has 1 heterocycles. The maximum absolute atomic E-state index is 6.10. The Kier molecular flexibility index (Phi) is 3.96. The fraction of sp³-hybridized carbons (Fsp3) is 0. The molecule has 0 unspecified atom stereocenters. The van der Waals surface area contributed by atoms with Crippen molar-refractivity contribution in [2.75, 3.05) is 11.1 Å². The summed E-state index contributed by atoms with van der Waals surface area (Å²) >= 11 is 14.1. The van der Waals surface area contributed by atoms with Crippen molar-refractivity contribution < 1.29 is 0 Å². The number of hydrogen-bond acceptors (Lipinski definition) is 3. The molecule has 1 aromatic carbocycles. The molecule has 0 aliphatic heterocycles. The van der Waals surface area contributed by atoms with Crippen LogP contribution in [0.3, 0.4) is 0 Å². The molecule has 0 bridgehead atoms. The average molecular weight is 380 g/mol. The molecule has 2 aromatic rings. The highest BCUT2D eigenvalue weighted by Gasteiger charge is 2.06. The zero-order valence-corrected chi connectivity index (χ0v) is 12.2. The van der Waals surface area contributed by atoms with Crippen molar-refractivity contribution >= 4 is 63.0 Å². The van der Waals surface area contributed by atoms with Gasteiger partial charge in [-0.3, -0.25) is 0 Å². The first-order valence-electron chi connectivity index (χ1n) is 4.70. The van der Waals surface area contributed by atoms with E-state index in [0.717, 1.165) is 9.26 Å². The summed E-state index contributed by atoms with van der Waals surface area (Å²) in [5.41, 5.74) is 7.05. The highest BCUT2D eigenvalue weighted by molar-refractivity contribution is 14.1. The molecule has 2 rings (SSSR count). The Morgan fingerprint density at radius 3 is 2.65 bits per heavy atom. The van der Waals surface area contributed by atoms with Crippen LogP contribution in [0, 0.1) is 3.57 Å². The number of aromatic nitrogens is 1. The predicted molar refractivity (Wildman–Crippen MR) is 81.1 cm³/mol. The van der Waals surface area contributed by atoms with E-state index in [-0.39, 0.29) is 0 Å². The summed E-state index contributed by atoms with van der Waals surface area (Å²) in [4.78, 5) is 4.10. The fourth-order valence-corrected chi connectivity index (χ4v) is 2.32. The number of nitrogen functional groups attached to an aromatic ring is 1. The minimum absolute atomic E-state index is 0.378. The standard InChI is InChI=1S/C11H8Cl2IN3/c12-7-5-6(14)1-3-9(7)16-11-8(15)2-4-10(13)17-11/h1-5H,15H2,(H,16,17). The van der Waals surface area contributed by atoms with Gasteiger partial charge in [0.15, 0.2) is 5.82 Å². The van der Waals surface area contributed by atoms with E-state index in [4.69, 9.17) is 28.9 Å². The molecule has 6 heteroatoms. The van der Waals surface area contributed by atoms with Gasteiger partial charge in [0.25, 0.3) is 0 Å². The summed E-state index contributed by atoms with van der Waals surface area (Å²) in [5.74, 6) is 0.501. The minimum atomic E-state index is 0.378. The third-order valence-corrected chi connectivity index (χ3v) is 3.27. The lowest BCUT2D eigenvalue weighted by atomic mass is 10.3. The molecule has 3 nitrogen and oxygen atoms in total. The number of rotatable bonds is 2. The van der Waals surface area contributed by atoms with Gasteiger partial charge < -0.3 is 11.1 Å². The largest absolute Gasteiger partial charge is 0.396 e. The topological polar surface area (TPSA) is 50.9 Å². The van der Waals surface area contributed by atoms with Gasteiger partial charge in [0.05, 0.1) is 16.4 Å².